The number of hydrogen-bond donors (Lipinski definition) is 1. The molecule has 1 N–H and O–H groups in total. The van der Waals surface area contributed by atoms with Crippen LogP contribution >= 0.6 is 11.3 Å². The highest BCUT2D eigenvalue weighted by Gasteiger charge is 2.25. The molecule has 6 nitrogen and oxygen atoms in total. The van der Waals surface area contributed by atoms with Crippen molar-refractivity contribution in [2.24, 2.45) is 0 Å². The van der Waals surface area contributed by atoms with Crippen molar-refractivity contribution >= 4 is 28.3 Å². The number of halogens is 2. The molecule has 172 valence electrons. The third kappa shape index (κ3) is 4.22. The molecule has 0 bridgehead atoms. The number of nitrogens with one attached hydrogen (secondary N) is 1. The SMILES string of the molecule is C[C@@H](NC(=O)c1cn(Cc2ccccc2)nc1-c1cccs1)c1nc2ccccc2n1C(F)F. The van der Waals surface area contributed by atoms with Crippen molar-refractivity contribution in [1.29, 1.82) is 0 Å². The van der Waals surface area contributed by atoms with Crippen LogP contribution in [0.5, 0.6) is 0 Å². The first kappa shape index (κ1) is 22.0. The maximum absolute atomic E-state index is 13.9. The summed E-state index contributed by atoms with van der Waals surface area (Å²) >= 11 is 1.48. The number of rotatable bonds is 7. The number of alkyl halides is 2. The van der Waals surface area contributed by atoms with E-state index in [-0.39, 0.29) is 5.82 Å². The molecule has 0 aliphatic heterocycles. The lowest BCUT2D eigenvalue weighted by molar-refractivity contribution is 0.0688. The summed E-state index contributed by atoms with van der Waals surface area (Å²) in [5.74, 6) is -0.304. The molecule has 0 saturated carbocycles. The van der Waals surface area contributed by atoms with Crippen LogP contribution in [-0.2, 0) is 6.54 Å². The molecule has 9 heteroatoms. The Morgan fingerprint density at radius 3 is 2.56 bits per heavy atom. The monoisotopic (exact) mass is 477 g/mol. The molecule has 3 heterocycles. The molecule has 34 heavy (non-hydrogen) atoms. The van der Waals surface area contributed by atoms with Crippen LogP contribution in [0.1, 0.15) is 41.3 Å². The van der Waals surface area contributed by atoms with Crippen LogP contribution < -0.4 is 5.32 Å². The van der Waals surface area contributed by atoms with Crippen LogP contribution in [0.25, 0.3) is 21.6 Å². The van der Waals surface area contributed by atoms with Crippen molar-refractivity contribution in [3.8, 4) is 10.6 Å². The Hall–Kier alpha value is -3.85. The average Bonchev–Trinajstić information content (AvgIpc) is 3.57. The number of carbonyl (C=O) groups excluding carboxylic acids is 1. The zero-order valence-corrected chi connectivity index (χ0v) is 19.0. The molecule has 0 spiro atoms. The summed E-state index contributed by atoms with van der Waals surface area (Å²) in [7, 11) is 0. The minimum atomic E-state index is -2.78. The van der Waals surface area contributed by atoms with Crippen LogP contribution in [0.4, 0.5) is 8.78 Å². The first-order chi connectivity index (χ1) is 16.5. The number of carbonyl (C=O) groups is 1. The van der Waals surface area contributed by atoms with Gasteiger partial charge in [0.05, 0.1) is 34.1 Å². The highest BCUT2D eigenvalue weighted by Crippen LogP contribution is 2.29. The normalized spacial score (nSPS) is 12.4. The lowest BCUT2D eigenvalue weighted by Gasteiger charge is -2.15. The molecule has 1 amide bonds. The quantitative estimate of drug-likeness (QED) is 0.318. The summed E-state index contributed by atoms with van der Waals surface area (Å²) in [5, 5.41) is 9.42. The summed E-state index contributed by atoms with van der Waals surface area (Å²) in [6, 6.07) is 19.6. The zero-order valence-electron chi connectivity index (χ0n) is 18.2. The van der Waals surface area contributed by atoms with Crippen LogP contribution in [0.15, 0.2) is 78.3 Å². The fraction of sp³-hybridized carbons (Fsp3) is 0.160. The Morgan fingerprint density at radius 2 is 1.82 bits per heavy atom. The van der Waals surface area contributed by atoms with Gasteiger partial charge in [-0.15, -0.1) is 11.3 Å². The van der Waals surface area contributed by atoms with E-state index in [1.54, 1.807) is 42.1 Å². The van der Waals surface area contributed by atoms with Gasteiger partial charge in [0.15, 0.2) is 0 Å². The van der Waals surface area contributed by atoms with Crippen LogP contribution in [0.2, 0.25) is 0 Å². The lowest BCUT2D eigenvalue weighted by Crippen LogP contribution is -2.29. The Balaban J connectivity index is 1.46. The number of para-hydroxylation sites is 2. The Labute approximate surface area is 198 Å². The molecule has 0 aliphatic carbocycles. The number of fused-ring (bicyclic) bond motifs is 1. The predicted octanol–water partition coefficient (Wildman–Crippen LogP) is 5.90. The number of aromatic nitrogens is 4. The third-order valence-electron chi connectivity index (χ3n) is 5.50. The van der Waals surface area contributed by atoms with E-state index in [0.29, 0.717) is 28.8 Å². The number of amides is 1. The van der Waals surface area contributed by atoms with Gasteiger partial charge in [-0.25, -0.2) is 4.98 Å². The maximum atomic E-state index is 13.9. The highest BCUT2D eigenvalue weighted by atomic mass is 32.1. The van der Waals surface area contributed by atoms with Crippen molar-refractivity contribution < 1.29 is 13.6 Å². The first-order valence-electron chi connectivity index (χ1n) is 10.7. The second-order valence-corrected chi connectivity index (χ2v) is 8.80. The third-order valence-corrected chi connectivity index (χ3v) is 6.38. The smallest absolute Gasteiger partial charge is 0.320 e. The van der Waals surface area contributed by atoms with E-state index in [4.69, 9.17) is 0 Å². The van der Waals surface area contributed by atoms with E-state index in [0.717, 1.165) is 15.0 Å². The number of thiophene rings is 1. The second-order valence-electron chi connectivity index (χ2n) is 7.85. The predicted molar refractivity (Wildman–Crippen MR) is 128 cm³/mol. The van der Waals surface area contributed by atoms with Gasteiger partial charge in [-0.1, -0.05) is 48.5 Å². The van der Waals surface area contributed by atoms with Crippen molar-refractivity contribution in [1.82, 2.24) is 24.6 Å². The molecule has 5 rings (SSSR count). The van der Waals surface area contributed by atoms with Crippen LogP contribution in [-0.4, -0.2) is 25.2 Å². The van der Waals surface area contributed by atoms with Crippen molar-refractivity contribution in [3.05, 3.63) is 95.3 Å². The van der Waals surface area contributed by atoms with E-state index < -0.39 is 18.5 Å². The molecule has 3 aromatic heterocycles. The molecule has 0 radical (unpaired) electrons. The number of hydrogen-bond acceptors (Lipinski definition) is 4. The molecule has 2 aromatic carbocycles. The standard InChI is InChI=1S/C25H21F2N5OS/c1-16(23-29-19-10-5-6-11-20(19)32(23)25(26)27)28-24(33)18-15-31(14-17-8-3-2-4-9-17)30-22(18)21-12-7-13-34-21/h2-13,15-16,25H,14H2,1H3,(H,28,33)/t16-/m1/s1. The highest BCUT2D eigenvalue weighted by molar-refractivity contribution is 7.13. The van der Waals surface area contributed by atoms with E-state index in [9.17, 15) is 13.6 Å². The van der Waals surface area contributed by atoms with Crippen molar-refractivity contribution in [2.75, 3.05) is 0 Å². The summed E-state index contributed by atoms with van der Waals surface area (Å²) in [6.07, 6.45) is 1.69. The van der Waals surface area contributed by atoms with Crippen LogP contribution in [0, 0.1) is 0 Å². The van der Waals surface area contributed by atoms with Crippen molar-refractivity contribution in [2.45, 2.75) is 26.1 Å². The van der Waals surface area contributed by atoms with Gasteiger partial charge in [0, 0.05) is 6.20 Å². The first-order valence-corrected chi connectivity index (χ1v) is 11.6. The summed E-state index contributed by atoms with van der Waals surface area (Å²) in [6.45, 7) is -0.627. The van der Waals surface area contributed by atoms with Gasteiger partial charge in [-0.3, -0.25) is 14.0 Å². The Morgan fingerprint density at radius 1 is 1.06 bits per heavy atom. The maximum Gasteiger partial charge on any atom is 0.320 e. The number of imidazole rings is 1. The minimum Gasteiger partial charge on any atom is -0.342 e. The Bertz CT molecular complexity index is 1430. The van der Waals surface area contributed by atoms with E-state index >= 15 is 0 Å². The molecule has 0 saturated heterocycles. The van der Waals surface area contributed by atoms with Gasteiger partial charge in [0.2, 0.25) is 0 Å². The van der Waals surface area contributed by atoms with Gasteiger partial charge < -0.3 is 5.32 Å². The summed E-state index contributed by atoms with van der Waals surface area (Å²) in [4.78, 5) is 18.5. The molecule has 0 unspecified atom stereocenters. The summed E-state index contributed by atoms with van der Waals surface area (Å²) < 4.78 is 30.3. The molecular weight excluding hydrogens is 456 g/mol. The van der Waals surface area contributed by atoms with Gasteiger partial charge in [-0.05, 0) is 36.1 Å². The lowest BCUT2D eigenvalue weighted by atomic mass is 10.2. The fourth-order valence-electron chi connectivity index (χ4n) is 3.95. The number of nitrogens with zero attached hydrogens (tertiary/aromatic N) is 4. The fourth-order valence-corrected chi connectivity index (χ4v) is 4.67. The zero-order chi connectivity index (χ0) is 23.7. The Kier molecular flexibility index (Phi) is 5.93. The van der Waals surface area contributed by atoms with Gasteiger partial charge in [0.1, 0.15) is 11.5 Å². The molecule has 0 aliphatic rings. The minimum absolute atomic E-state index is 0.0962. The van der Waals surface area contributed by atoms with Crippen molar-refractivity contribution in [3.63, 3.8) is 0 Å². The molecular formula is C25H21F2N5OS. The molecule has 0 fully saturated rings. The van der Waals surface area contributed by atoms with E-state index in [2.05, 4.69) is 15.4 Å². The topological polar surface area (TPSA) is 64.7 Å². The van der Waals surface area contributed by atoms with Gasteiger partial charge >= 0.3 is 6.55 Å². The summed E-state index contributed by atoms with van der Waals surface area (Å²) in [5.41, 5.74) is 2.76. The van der Waals surface area contributed by atoms with Gasteiger partial charge in [-0.2, -0.15) is 13.9 Å². The van der Waals surface area contributed by atoms with E-state index in [1.807, 2.05) is 47.8 Å². The van der Waals surface area contributed by atoms with Crippen LogP contribution in [0.3, 0.4) is 0 Å². The second kappa shape index (κ2) is 9.18. The largest absolute Gasteiger partial charge is 0.342 e. The molecule has 5 aromatic rings. The van der Waals surface area contributed by atoms with E-state index in [1.165, 1.54) is 11.3 Å². The average molecular weight is 478 g/mol. The molecule has 1 atom stereocenters. The number of benzene rings is 2. The van der Waals surface area contributed by atoms with Gasteiger partial charge in [0.25, 0.3) is 5.91 Å².